The van der Waals surface area contributed by atoms with E-state index in [9.17, 15) is 0 Å². The van der Waals surface area contributed by atoms with E-state index in [1.807, 2.05) is 11.3 Å². The van der Waals surface area contributed by atoms with Crippen molar-refractivity contribution in [1.29, 1.82) is 0 Å². The minimum absolute atomic E-state index is 0.0346. The molecular formula is C33H24BrNS. The first-order valence-electron chi connectivity index (χ1n) is 12.2. The highest BCUT2D eigenvalue weighted by Gasteiger charge is 2.35. The van der Waals surface area contributed by atoms with Crippen molar-refractivity contribution in [3.63, 3.8) is 0 Å². The van der Waals surface area contributed by atoms with Crippen molar-refractivity contribution in [2.24, 2.45) is 0 Å². The van der Waals surface area contributed by atoms with Gasteiger partial charge in [0, 0.05) is 47.1 Å². The van der Waals surface area contributed by atoms with Gasteiger partial charge < -0.3 is 4.90 Å². The van der Waals surface area contributed by atoms with Gasteiger partial charge in [-0.25, -0.2) is 0 Å². The van der Waals surface area contributed by atoms with Gasteiger partial charge in [0.25, 0.3) is 0 Å². The van der Waals surface area contributed by atoms with Gasteiger partial charge in [0.15, 0.2) is 0 Å². The van der Waals surface area contributed by atoms with Crippen molar-refractivity contribution < 1.29 is 0 Å². The lowest BCUT2D eigenvalue weighted by Crippen LogP contribution is -2.16. The molecule has 0 amide bonds. The molecule has 0 unspecified atom stereocenters. The highest BCUT2D eigenvalue weighted by molar-refractivity contribution is 9.10. The fourth-order valence-corrected chi connectivity index (χ4v) is 7.21. The fourth-order valence-electron chi connectivity index (χ4n) is 5.73. The third kappa shape index (κ3) is 3.27. The SMILES string of the molecule is CC1(C)c2ccccc2-c2ccc(N(c3ccccc3)c3ccc4c(c3)sc3ccc(Br)cc34)cc21. The van der Waals surface area contributed by atoms with Crippen LogP contribution in [0.1, 0.15) is 25.0 Å². The standard InChI is InChI=1S/C33H24BrNS/c1-33(2)29-11-7-6-10-25(29)26-15-13-23(19-30(26)33)35(22-8-4-3-5-9-22)24-14-16-27-28-18-21(34)12-17-31(28)36-32(27)20-24/h3-20H,1-2H3. The molecule has 0 saturated heterocycles. The van der Waals surface area contributed by atoms with Gasteiger partial charge in [-0.2, -0.15) is 0 Å². The van der Waals surface area contributed by atoms with E-state index in [2.05, 4.69) is 144 Å². The Labute approximate surface area is 223 Å². The zero-order valence-electron chi connectivity index (χ0n) is 20.1. The Kier molecular flexibility index (Phi) is 4.89. The number of nitrogens with zero attached hydrogens (tertiary/aromatic N) is 1. The van der Waals surface area contributed by atoms with Crippen molar-refractivity contribution in [3.05, 3.63) is 125 Å². The van der Waals surface area contributed by atoms with Gasteiger partial charge in [0.2, 0.25) is 0 Å². The molecule has 0 saturated carbocycles. The first-order chi connectivity index (χ1) is 17.5. The average Bonchev–Trinajstić information content (AvgIpc) is 3.37. The third-order valence-electron chi connectivity index (χ3n) is 7.51. The Morgan fingerprint density at radius 2 is 1.31 bits per heavy atom. The first-order valence-corrected chi connectivity index (χ1v) is 13.8. The summed E-state index contributed by atoms with van der Waals surface area (Å²) in [6, 6.07) is 39.9. The van der Waals surface area contributed by atoms with Crippen LogP contribution in [0.4, 0.5) is 17.1 Å². The molecule has 1 heterocycles. The van der Waals surface area contributed by atoms with E-state index in [-0.39, 0.29) is 5.41 Å². The van der Waals surface area contributed by atoms with Crippen LogP contribution < -0.4 is 4.90 Å². The van der Waals surface area contributed by atoms with Crippen molar-refractivity contribution >= 4 is 64.5 Å². The van der Waals surface area contributed by atoms with Gasteiger partial charge >= 0.3 is 0 Å². The molecule has 0 atom stereocenters. The smallest absolute Gasteiger partial charge is 0.0476 e. The van der Waals surface area contributed by atoms with Gasteiger partial charge in [-0.1, -0.05) is 84.4 Å². The maximum atomic E-state index is 3.64. The van der Waals surface area contributed by atoms with Crippen LogP contribution in [0.25, 0.3) is 31.3 Å². The predicted octanol–water partition coefficient (Wildman–Crippen LogP) is 10.6. The van der Waals surface area contributed by atoms with Crippen LogP contribution in [0.3, 0.4) is 0 Å². The van der Waals surface area contributed by atoms with Gasteiger partial charge in [-0.3, -0.25) is 0 Å². The topological polar surface area (TPSA) is 3.24 Å². The Bertz CT molecular complexity index is 1780. The molecule has 0 fully saturated rings. The number of anilines is 3. The second kappa shape index (κ2) is 8.06. The first kappa shape index (κ1) is 21.8. The number of benzene rings is 5. The maximum absolute atomic E-state index is 3.64. The summed E-state index contributed by atoms with van der Waals surface area (Å²) in [4.78, 5) is 2.39. The number of hydrogen-bond donors (Lipinski definition) is 0. The van der Waals surface area contributed by atoms with E-state index in [1.54, 1.807) is 0 Å². The van der Waals surface area contributed by atoms with Crippen LogP contribution in [0.2, 0.25) is 0 Å². The molecule has 6 aromatic rings. The molecule has 0 N–H and O–H groups in total. The normalized spacial score (nSPS) is 13.6. The zero-order chi connectivity index (χ0) is 24.4. The van der Waals surface area contributed by atoms with E-state index in [1.165, 1.54) is 53.8 Å². The number of rotatable bonds is 3. The van der Waals surface area contributed by atoms with E-state index < -0.39 is 0 Å². The summed E-state index contributed by atoms with van der Waals surface area (Å²) >= 11 is 5.50. The molecule has 0 spiro atoms. The van der Waals surface area contributed by atoms with Crippen LogP contribution in [-0.4, -0.2) is 0 Å². The highest BCUT2D eigenvalue weighted by atomic mass is 79.9. The van der Waals surface area contributed by atoms with Crippen molar-refractivity contribution in [2.75, 3.05) is 4.90 Å². The minimum atomic E-state index is -0.0346. The number of halogens is 1. The minimum Gasteiger partial charge on any atom is -0.310 e. The van der Waals surface area contributed by atoms with Crippen molar-refractivity contribution in [1.82, 2.24) is 0 Å². The molecule has 7 rings (SSSR count). The van der Waals surface area contributed by atoms with Gasteiger partial charge in [0.1, 0.15) is 0 Å². The highest BCUT2D eigenvalue weighted by Crippen LogP contribution is 2.50. The number of para-hydroxylation sites is 1. The van der Waals surface area contributed by atoms with E-state index >= 15 is 0 Å². The molecule has 1 nitrogen and oxygen atoms in total. The van der Waals surface area contributed by atoms with E-state index in [0.717, 1.165) is 10.2 Å². The van der Waals surface area contributed by atoms with Gasteiger partial charge in [0.05, 0.1) is 0 Å². The zero-order valence-corrected chi connectivity index (χ0v) is 22.5. The van der Waals surface area contributed by atoms with Crippen LogP contribution in [-0.2, 0) is 5.41 Å². The average molecular weight is 547 g/mol. The van der Waals surface area contributed by atoms with Crippen LogP contribution in [0.5, 0.6) is 0 Å². The number of fused-ring (bicyclic) bond motifs is 6. The lowest BCUT2D eigenvalue weighted by molar-refractivity contribution is 0.660. The summed E-state index contributed by atoms with van der Waals surface area (Å²) in [6.45, 7) is 4.69. The van der Waals surface area contributed by atoms with Gasteiger partial charge in [-0.05, 0) is 76.9 Å². The van der Waals surface area contributed by atoms with Crippen LogP contribution in [0, 0.1) is 0 Å². The molecule has 1 aliphatic rings. The maximum Gasteiger partial charge on any atom is 0.0476 e. The van der Waals surface area contributed by atoms with Crippen LogP contribution >= 0.6 is 27.3 Å². The molecule has 0 aliphatic heterocycles. The number of hydrogen-bond acceptors (Lipinski definition) is 2. The molecular weight excluding hydrogens is 522 g/mol. The summed E-state index contributed by atoms with van der Waals surface area (Å²) in [5, 5.41) is 2.61. The monoisotopic (exact) mass is 545 g/mol. The molecule has 1 aliphatic carbocycles. The third-order valence-corrected chi connectivity index (χ3v) is 9.14. The van der Waals surface area contributed by atoms with Crippen LogP contribution in [0.15, 0.2) is 114 Å². The van der Waals surface area contributed by atoms with Crippen molar-refractivity contribution in [2.45, 2.75) is 19.3 Å². The molecule has 36 heavy (non-hydrogen) atoms. The molecule has 3 heteroatoms. The molecule has 174 valence electrons. The largest absolute Gasteiger partial charge is 0.310 e. The number of thiophene rings is 1. The Balaban J connectivity index is 1.42. The predicted molar refractivity (Wildman–Crippen MR) is 159 cm³/mol. The van der Waals surface area contributed by atoms with E-state index in [4.69, 9.17) is 0 Å². The lowest BCUT2D eigenvalue weighted by atomic mass is 9.82. The summed E-state index contributed by atoms with van der Waals surface area (Å²) in [6.07, 6.45) is 0. The molecule has 5 aromatic carbocycles. The second-order valence-electron chi connectivity index (χ2n) is 9.99. The summed E-state index contributed by atoms with van der Waals surface area (Å²) in [5.41, 5.74) is 8.97. The second-order valence-corrected chi connectivity index (χ2v) is 12.0. The molecule has 0 radical (unpaired) electrons. The summed E-state index contributed by atoms with van der Waals surface area (Å²) in [7, 11) is 0. The quantitative estimate of drug-likeness (QED) is 0.213. The summed E-state index contributed by atoms with van der Waals surface area (Å²) < 4.78 is 3.73. The molecule has 0 bridgehead atoms. The Morgan fingerprint density at radius 1 is 0.583 bits per heavy atom. The van der Waals surface area contributed by atoms with Crippen molar-refractivity contribution in [3.8, 4) is 11.1 Å². The van der Waals surface area contributed by atoms with Gasteiger partial charge in [-0.15, -0.1) is 11.3 Å². The van der Waals surface area contributed by atoms with E-state index in [0.29, 0.717) is 0 Å². The Hall–Kier alpha value is -3.40. The lowest BCUT2D eigenvalue weighted by Gasteiger charge is -2.28. The summed E-state index contributed by atoms with van der Waals surface area (Å²) in [5.74, 6) is 0. The molecule has 1 aromatic heterocycles. The fraction of sp³-hybridized carbons (Fsp3) is 0.0909. The Morgan fingerprint density at radius 3 is 2.17 bits per heavy atom.